The Balaban J connectivity index is 2.02. The number of hydrazone groups is 1. The van der Waals surface area contributed by atoms with E-state index in [-0.39, 0.29) is 11.4 Å². The van der Waals surface area contributed by atoms with Gasteiger partial charge in [-0.2, -0.15) is 15.1 Å². The molecule has 0 bridgehead atoms. The molecule has 24 heavy (non-hydrogen) atoms. The highest BCUT2D eigenvalue weighted by molar-refractivity contribution is 8.26. The van der Waals surface area contributed by atoms with Crippen molar-refractivity contribution in [1.29, 1.82) is 5.41 Å². The normalized spacial score (nSPS) is 18.6. The van der Waals surface area contributed by atoms with Crippen LogP contribution in [0.3, 0.4) is 0 Å². The number of carbonyl (C=O) groups is 1. The summed E-state index contributed by atoms with van der Waals surface area (Å²) in [6.45, 7) is 4.32. The number of hydrogen-bond donors (Lipinski definition) is 1. The molecule has 1 aromatic rings. The number of benzene rings is 1. The number of amidine groups is 2. The SMILES string of the molecule is CCOc1ccc(Cl)cc1/C=C1/C(=N)N2N=C(CC)SC2=NC1=O. The molecular formula is C16H15ClN4O2S. The molecule has 0 fully saturated rings. The van der Waals surface area contributed by atoms with Gasteiger partial charge in [0.1, 0.15) is 10.8 Å². The molecule has 0 saturated carbocycles. The lowest BCUT2D eigenvalue weighted by Crippen LogP contribution is -2.35. The van der Waals surface area contributed by atoms with Gasteiger partial charge in [-0.3, -0.25) is 10.2 Å². The van der Waals surface area contributed by atoms with Gasteiger partial charge in [0.15, 0.2) is 5.84 Å². The third kappa shape index (κ3) is 3.09. The first-order valence-corrected chi connectivity index (χ1v) is 8.64. The van der Waals surface area contributed by atoms with Gasteiger partial charge < -0.3 is 4.74 Å². The van der Waals surface area contributed by atoms with E-state index in [9.17, 15) is 4.79 Å². The van der Waals surface area contributed by atoms with Crippen molar-refractivity contribution in [2.75, 3.05) is 6.61 Å². The summed E-state index contributed by atoms with van der Waals surface area (Å²) < 4.78 is 5.56. The first-order chi connectivity index (χ1) is 11.5. The molecule has 2 aliphatic rings. The highest BCUT2D eigenvalue weighted by Crippen LogP contribution is 2.31. The van der Waals surface area contributed by atoms with Gasteiger partial charge in [0.2, 0.25) is 5.17 Å². The zero-order valence-corrected chi connectivity index (χ0v) is 14.7. The second-order valence-electron chi connectivity index (χ2n) is 4.98. The van der Waals surface area contributed by atoms with Crippen molar-refractivity contribution in [1.82, 2.24) is 5.01 Å². The van der Waals surface area contributed by atoms with Crippen LogP contribution in [0.25, 0.3) is 6.08 Å². The minimum Gasteiger partial charge on any atom is -0.493 e. The lowest BCUT2D eigenvalue weighted by molar-refractivity contribution is -0.114. The van der Waals surface area contributed by atoms with Crippen LogP contribution < -0.4 is 4.74 Å². The van der Waals surface area contributed by atoms with E-state index in [1.807, 2.05) is 13.8 Å². The van der Waals surface area contributed by atoms with Gasteiger partial charge in [0.25, 0.3) is 5.91 Å². The number of halogens is 1. The predicted octanol–water partition coefficient (Wildman–Crippen LogP) is 3.77. The van der Waals surface area contributed by atoms with Crippen molar-refractivity contribution >= 4 is 51.4 Å². The molecule has 1 amide bonds. The first-order valence-electron chi connectivity index (χ1n) is 7.45. The molecule has 0 saturated heterocycles. The molecule has 8 heteroatoms. The molecule has 124 valence electrons. The summed E-state index contributed by atoms with van der Waals surface area (Å²) in [4.78, 5) is 16.4. The number of fused-ring (bicyclic) bond motifs is 1. The van der Waals surface area contributed by atoms with E-state index in [4.69, 9.17) is 21.7 Å². The molecule has 0 aliphatic carbocycles. The lowest BCUT2D eigenvalue weighted by Gasteiger charge is -2.20. The molecule has 0 aromatic heterocycles. The number of nitrogens with zero attached hydrogens (tertiary/aromatic N) is 3. The number of hydrogen-bond acceptors (Lipinski definition) is 5. The maximum Gasteiger partial charge on any atom is 0.283 e. The molecule has 2 aliphatic heterocycles. The summed E-state index contributed by atoms with van der Waals surface area (Å²) in [6, 6.07) is 5.15. The summed E-state index contributed by atoms with van der Waals surface area (Å²) in [7, 11) is 0. The van der Waals surface area contributed by atoms with E-state index in [0.717, 1.165) is 11.5 Å². The van der Waals surface area contributed by atoms with Crippen LogP contribution in [-0.4, -0.2) is 33.6 Å². The van der Waals surface area contributed by atoms with E-state index < -0.39 is 5.91 Å². The van der Waals surface area contributed by atoms with Crippen LogP contribution >= 0.6 is 23.4 Å². The second kappa shape index (κ2) is 6.78. The highest BCUT2D eigenvalue weighted by Gasteiger charge is 2.35. The molecule has 0 spiro atoms. The molecule has 0 radical (unpaired) electrons. The second-order valence-corrected chi connectivity index (χ2v) is 6.46. The van der Waals surface area contributed by atoms with Crippen LogP contribution in [0.5, 0.6) is 5.75 Å². The molecule has 0 unspecified atom stereocenters. The van der Waals surface area contributed by atoms with E-state index in [1.165, 1.54) is 16.8 Å². The number of aliphatic imine (C=N–C) groups is 1. The van der Waals surface area contributed by atoms with Crippen molar-refractivity contribution in [3.63, 3.8) is 0 Å². The van der Waals surface area contributed by atoms with E-state index in [0.29, 0.717) is 28.1 Å². The number of amides is 1. The summed E-state index contributed by atoms with van der Waals surface area (Å²) in [5.41, 5.74) is 0.784. The van der Waals surface area contributed by atoms with Gasteiger partial charge in [-0.1, -0.05) is 18.5 Å². The van der Waals surface area contributed by atoms with Crippen LogP contribution in [-0.2, 0) is 4.79 Å². The minimum atomic E-state index is -0.464. The van der Waals surface area contributed by atoms with Gasteiger partial charge in [0, 0.05) is 10.6 Å². The summed E-state index contributed by atoms with van der Waals surface area (Å²) in [6.07, 6.45) is 2.30. The fraction of sp³-hybridized carbons (Fsp3) is 0.250. The smallest absolute Gasteiger partial charge is 0.283 e. The zero-order chi connectivity index (χ0) is 17.3. The van der Waals surface area contributed by atoms with Crippen LogP contribution in [0.4, 0.5) is 0 Å². The summed E-state index contributed by atoms with van der Waals surface area (Å²) >= 11 is 7.36. The number of carbonyl (C=O) groups excluding carboxylic acids is 1. The quantitative estimate of drug-likeness (QED) is 0.827. The Labute approximate surface area is 148 Å². The summed E-state index contributed by atoms with van der Waals surface area (Å²) in [5, 5.41) is 15.8. The largest absolute Gasteiger partial charge is 0.493 e. The van der Waals surface area contributed by atoms with E-state index >= 15 is 0 Å². The minimum absolute atomic E-state index is 0.00312. The molecule has 3 rings (SSSR count). The Morgan fingerprint density at radius 2 is 2.21 bits per heavy atom. The van der Waals surface area contributed by atoms with E-state index in [1.54, 1.807) is 24.3 Å². The standard InChI is InChI=1S/C16H15ClN4O2S/c1-3-13-20-21-14(18)11(15(22)19-16(21)24-13)8-9-7-10(17)5-6-12(9)23-4-2/h5-8,18H,3-4H2,1-2H3/b11-8-,18-14?. The zero-order valence-electron chi connectivity index (χ0n) is 13.2. The Bertz CT molecular complexity index is 816. The predicted molar refractivity (Wildman–Crippen MR) is 97.9 cm³/mol. The molecular weight excluding hydrogens is 348 g/mol. The van der Waals surface area contributed by atoms with Crippen LogP contribution in [0.1, 0.15) is 25.8 Å². The van der Waals surface area contributed by atoms with Crippen molar-refractivity contribution in [3.05, 3.63) is 34.4 Å². The van der Waals surface area contributed by atoms with Gasteiger partial charge >= 0.3 is 0 Å². The van der Waals surface area contributed by atoms with Gasteiger partial charge in [-0.05, 0) is 49.4 Å². The van der Waals surface area contributed by atoms with Crippen LogP contribution in [0, 0.1) is 5.41 Å². The molecule has 1 aromatic carbocycles. The van der Waals surface area contributed by atoms with Crippen molar-refractivity contribution < 1.29 is 9.53 Å². The monoisotopic (exact) mass is 362 g/mol. The number of ether oxygens (including phenoxy) is 1. The lowest BCUT2D eigenvalue weighted by atomic mass is 10.1. The Morgan fingerprint density at radius 3 is 2.92 bits per heavy atom. The maximum absolute atomic E-state index is 12.3. The van der Waals surface area contributed by atoms with E-state index in [2.05, 4.69) is 10.1 Å². The summed E-state index contributed by atoms with van der Waals surface area (Å²) in [5.74, 6) is 0.135. The van der Waals surface area contributed by atoms with Crippen LogP contribution in [0.15, 0.2) is 33.9 Å². The molecule has 1 N–H and O–H groups in total. The highest BCUT2D eigenvalue weighted by atomic mass is 35.5. The van der Waals surface area contributed by atoms with Gasteiger partial charge in [-0.15, -0.1) is 0 Å². The number of thioether (sulfide) groups is 1. The fourth-order valence-corrected chi connectivity index (χ4v) is 3.25. The van der Waals surface area contributed by atoms with Gasteiger partial charge in [0.05, 0.1) is 12.2 Å². The van der Waals surface area contributed by atoms with Crippen molar-refractivity contribution in [2.24, 2.45) is 10.1 Å². The Morgan fingerprint density at radius 1 is 1.42 bits per heavy atom. The topological polar surface area (TPSA) is 78.1 Å². The average molecular weight is 363 g/mol. The third-order valence-corrected chi connectivity index (χ3v) is 4.66. The molecule has 0 atom stereocenters. The molecule has 6 nitrogen and oxygen atoms in total. The third-order valence-electron chi connectivity index (χ3n) is 3.37. The first kappa shape index (κ1) is 16.7. The van der Waals surface area contributed by atoms with Gasteiger partial charge in [-0.25, -0.2) is 0 Å². The number of rotatable bonds is 4. The van der Waals surface area contributed by atoms with Crippen molar-refractivity contribution in [3.8, 4) is 5.75 Å². The Kier molecular flexibility index (Phi) is 4.73. The van der Waals surface area contributed by atoms with Crippen LogP contribution in [0.2, 0.25) is 5.02 Å². The fourth-order valence-electron chi connectivity index (χ4n) is 2.25. The van der Waals surface area contributed by atoms with Crippen molar-refractivity contribution in [2.45, 2.75) is 20.3 Å². The average Bonchev–Trinajstić information content (AvgIpc) is 2.97. The Hall–Kier alpha value is -2.12. The molecule has 2 heterocycles. The maximum atomic E-state index is 12.3. The number of nitrogens with one attached hydrogen (secondary N) is 1.